The number of ether oxygens (including phenoxy) is 6. The maximum Gasteiger partial charge on any atom is 0.343 e. The highest BCUT2D eigenvalue weighted by atomic mass is 35.5. The number of hydrogen-bond donors (Lipinski definition) is 0. The zero-order valence-electron chi connectivity index (χ0n) is 27.6. The number of benzene rings is 3. The first-order valence-corrected chi connectivity index (χ1v) is 16.6. The number of fused-ring (bicyclic) bond motifs is 1. The molecule has 0 aliphatic carbocycles. The fourth-order valence-corrected chi connectivity index (χ4v) is 6.55. The van der Waals surface area contributed by atoms with Crippen LogP contribution in [0.25, 0.3) is 6.08 Å². The SMILES string of the molecule is CCOC(=O)C1=C(C)N=c2s/c(=C\c3cc(Cl)c(OCc4ccccc4)c(OC)c3)c(=O)n2[C@@H]1c1ccc(OCC(=O)OC)c(OCC)c1. The van der Waals surface area contributed by atoms with Gasteiger partial charge in [-0.15, -0.1) is 0 Å². The topological polar surface area (TPSA) is 124 Å². The Labute approximate surface area is 291 Å². The van der Waals surface area contributed by atoms with Gasteiger partial charge in [-0.1, -0.05) is 59.3 Å². The molecule has 1 aliphatic rings. The van der Waals surface area contributed by atoms with Gasteiger partial charge in [0.15, 0.2) is 34.4 Å². The standard InChI is InChI=1S/C36H35ClN2O9S/c1-6-45-27-18-24(13-14-26(27)47-20-30(40)44-5)32-31(35(42)46-7-2)21(3)38-36-39(32)34(41)29(49-36)17-23-15-25(37)33(28(16-23)43-4)48-19-22-11-9-8-10-12-22/h8-18,32H,6-7,19-20H2,1-5H3/b29-17-/t32-/m1/s1. The monoisotopic (exact) mass is 706 g/mol. The van der Waals surface area contributed by atoms with Crippen molar-refractivity contribution in [1.29, 1.82) is 0 Å². The van der Waals surface area contributed by atoms with Gasteiger partial charge in [-0.3, -0.25) is 9.36 Å². The Morgan fingerprint density at radius 1 is 0.959 bits per heavy atom. The van der Waals surface area contributed by atoms with Gasteiger partial charge in [0.2, 0.25) is 0 Å². The van der Waals surface area contributed by atoms with Gasteiger partial charge < -0.3 is 28.4 Å². The van der Waals surface area contributed by atoms with E-state index in [1.165, 1.54) is 30.1 Å². The van der Waals surface area contributed by atoms with E-state index in [0.29, 0.717) is 67.4 Å². The molecule has 0 N–H and O–H groups in total. The molecule has 1 aliphatic heterocycles. The summed E-state index contributed by atoms with van der Waals surface area (Å²) >= 11 is 7.83. The first-order chi connectivity index (χ1) is 23.7. The summed E-state index contributed by atoms with van der Waals surface area (Å²) in [5.41, 5.74) is 2.34. The zero-order valence-corrected chi connectivity index (χ0v) is 29.2. The largest absolute Gasteiger partial charge is 0.493 e. The molecule has 0 amide bonds. The zero-order chi connectivity index (χ0) is 35.1. The van der Waals surface area contributed by atoms with Crippen molar-refractivity contribution in [3.8, 4) is 23.0 Å². The summed E-state index contributed by atoms with van der Waals surface area (Å²) < 4.78 is 35.0. The molecule has 1 atom stereocenters. The number of thiazole rings is 1. The van der Waals surface area contributed by atoms with Crippen LogP contribution in [0.1, 0.15) is 43.5 Å². The van der Waals surface area contributed by atoms with E-state index < -0.39 is 18.0 Å². The first kappa shape index (κ1) is 35.2. The van der Waals surface area contributed by atoms with Crippen LogP contribution < -0.4 is 33.8 Å². The molecule has 0 unspecified atom stereocenters. The molecule has 0 bridgehead atoms. The number of carbonyl (C=O) groups is 2. The van der Waals surface area contributed by atoms with Crippen molar-refractivity contribution < 1.29 is 38.0 Å². The van der Waals surface area contributed by atoms with E-state index in [-0.39, 0.29) is 24.3 Å². The normalized spacial score (nSPS) is 14.1. The van der Waals surface area contributed by atoms with Crippen molar-refractivity contribution in [2.24, 2.45) is 4.99 Å². The second-order valence-corrected chi connectivity index (χ2v) is 12.0. The van der Waals surface area contributed by atoms with Gasteiger partial charge in [-0.2, -0.15) is 0 Å². The van der Waals surface area contributed by atoms with Gasteiger partial charge >= 0.3 is 11.9 Å². The molecule has 4 aromatic rings. The van der Waals surface area contributed by atoms with E-state index in [9.17, 15) is 14.4 Å². The maximum atomic E-state index is 14.2. The summed E-state index contributed by atoms with van der Waals surface area (Å²) in [7, 11) is 2.78. The van der Waals surface area contributed by atoms with Gasteiger partial charge in [-0.05, 0) is 67.8 Å². The number of methoxy groups -OCH3 is 2. The number of nitrogens with zero attached hydrogens (tertiary/aromatic N) is 2. The molecular weight excluding hydrogens is 672 g/mol. The maximum absolute atomic E-state index is 14.2. The summed E-state index contributed by atoms with van der Waals surface area (Å²) in [6.45, 7) is 5.60. The van der Waals surface area contributed by atoms with E-state index >= 15 is 0 Å². The number of hydrogen-bond acceptors (Lipinski definition) is 11. The van der Waals surface area contributed by atoms with Crippen LogP contribution >= 0.6 is 22.9 Å². The lowest BCUT2D eigenvalue weighted by Crippen LogP contribution is -2.40. The van der Waals surface area contributed by atoms with Crippen molar-refractivity contribution in [2.75, 3.05) is 34.0 Å². The lowest BCUT2D eigenvalue weighted by molar-refractivity contribution is -0.143. The first-order valence-electron chi connectivity index (χ1n) is 15.4. The highest BCUT2D eigenvalue weighted by Crippen LogP contribution is 2.38. The minimum Gasteiger partial charge on any atom is -0.493 e. The predicted octanol–water partition coefficient (Wildman–Crippen LogP) is 4.99. The third kappa shape index (κ3) is 7.82. The van der Waals surface area contributed by atoms with Crippen molar-refractivity contribution >= 4 is 41.0 Å². The number of allylic oxidation sites excluding steroid dienone is 1. The minimum absolute atomic E-state index is 0.130. The van der Waals surface area contributed by atoms with Crippen LogP contribution in [0.4, 0.5) is 0 Å². The number of carbonyl (C=O) groups excluding carboxylic acids is 2. The molecule has 256 valence electrons. The molecule has 13 heteroatoms. The van der Waals surface area contributed by atoms with Crippen molar-refractivity contribution in [2.45, 2.75) is 33.4 Å². The lowest BCUT2D eigenvalue weighted by Gasteiger charge is -2.25. The van der Waals surface area contributed by atoms with E-state index in [1.807, 2.05) is 30.3 Å². The van der Waals surface area contributed by atoms with Crippen molar-refractivity contribution in [3.63, 3.8) is 0 Å². The van der Waals surface area contributed by atoms with Crippen LogP contribution in [0.2, 0.25) is 5.02 Å². The van der Waals surface area contributed by atoms with Crippen LogP contribution in [0, 0.1) is 0 Å². The average Bonchev–Trinajstić information content (AvgIpc) is 3.40. The molecule has 1 aromatic heterocycles. The van der Waals surface area contributed by atoms with Crippen LogP contribution in [0.3, 0.4) is 0 Å². The summed E-state index contributed by atoms with van der Waals surface area (Å²) in [6, 6.07) is 17.2. The summed E-state index contributed by atoms with van der Waals surface area (Å²) in [5.74, 6) is 0.234. The van der Waals surface area contributed by atoms with E-state index in [4.69, 9.17) is 35.3 Å². The smallest absolute Gasteiger partial charge is 0.343 e. The van der Waals surface area contributed by atoms with Crippen molar-refractivity contribution in [1.82, 2.24) is 4.57 Å². The van der Waals surface area contributed by atoms with Crippen LogP contribution in [-0.2, 0) is 25.7 Å². The van der Waals surface area contributed by atoms with Gasteiger partial charge in [-0.25, -0.2) is 14.6 Å². The van der Waals surface area contributed by atoms with Crippen molar-refractivity contribution in [3.05, 3.63) is 113 Å². The third-order valence-corrected chi connectivity index (χ3v) is 8.71. The molecule has 49 heavy (non-hydrogen) atoms. The molecular formula is C36H35ClN2O9S. The predicted molar refractivity (Wildman–Crippen MR) is 184 cm³/mol. The summed E-state index contributed by atoms with van der Waals surface area (Å²) in [6.07, 6.45) is 1.69. The van der Waals surface area contributed by atoms with E-state index in [2.05, 4.69) is 9.73 Å². The van der Waals surface area contributed by atoms with Crippen LogP contribution in [0.5, 0.6) is 23.0 Å². The molecule has 3 aromatic carbocycles. The molecule has 11 nitrogen and oxygen atoms in total. The minimum atomic E-state index is -0.904. The van der Waals surface area contributed by atoms with Crippen LogP contribution in [-0.4, -0.2) is 50.5 Å². The molecule has 5 rings (SSSR count). The van der Waals surface area contributed by atoms with Gasteiger partial charge in [0.05, 0.1) is 54.3 Å². The highest BCUT2D eigenvalue weighted by Gasteiger charge is 2.34. The molecule has 0 radical (unpaired) electrons. The molecule has 0 saturated heterocycles. The lowest BCUT2D eigenvalue weighted by atomic mass is 9.95. The fraction of sp³-hybridized carbons (Fsp3) is 0.278. The Hall–Kier alpha value is -5.07. The Morgan fingerprint density at radius 2 is 1.73 bits per heavy atom. The van der Waals surface area contributed by atoms with E-state index in [0.717, 1.165) is 5.56 Å². The number of rotatable bonds is 13. The highest BCUT2D eigenvalue weighted by molar-refractivity contribution is 7.07. The second-order valence-electron chi connectivity index (χ2n) is 10.6. The van der Waals surface area contributed by atoms with E-state index in [1.54, 1.807) is 57.2 Å². The van der Waals surface area contributed by atoms with Gasteiger partial charge in [0, 0.05) is 0 Å². The number of esters is 2. The van der Waals surface area contributed by atoms with Gasteiger partial charge in [0.1, 0.15) is 6.61 Å². The molecule has 0 fully saturated rings. The number of halogens is 1. The molecule has 0 saturated carbocycles. The molecule has 2 heterocycles. The van der Waals surface area contributed by atoms with Crippen LogP contribution in [0.15, 0.2) is 81.7 Å². The molecule has 0 spiro atoms. The fourth-order valence-electron chi connectivity index (χ4n) is 5.23. The quantitative estimate of drug-likeness (QED) is 0.177. The van der Waals surface area contributed by atoms with Gasteiger partial charge in [0.25, 0.3) is 5.56 Å². The Balaban J connectivity index is 1.59. The summed E-state index contributed by atoms with van der Waals surface area (Å²) in [4.78, 5) is 44.3. The Bertz CT molecular complexity index is 2070. The number of aromatic nitrogens is 1. The second kappa shape index (κ2) is 15.9. The Kier molecular flexibility index (Phi) is 11.4. The summed E-state index contributed by atoms with van der Waals surface area (Å²) in [5, 5.41) is 0.311. The average molecular weight is 707 g/mol. The Morgan fingerprint density at radius 3 is 2.43 bits per heavy atom. The third-order valence-electron chi connectivity index (χ3n) is 7.45.